The molecule has 3 fully saturated rings. The van der Waals surface area contributed by atoms with Crippen LogP contribution >= 0.6 is 0 Å². The SMILES string of the molecule is O=C(O)[C@@H]1CN(c2cc(C3CC3)ncn2)C[C@H]1C1CC1. The lowest BCUT2D eigenvalue weighted by Crippen LogP contribution is -2.24. The Morgan fingerprint density at radius 2 is 2.00 bits per heavy atom. The lowest BCUT2D eigenvalue weighted by Gasteiger charge is -2.17. The molecule has 5 heteroatoms. The van der Waals surface area contributed by atoms with Crippen LogP contribution in [0, 0.1) is 17.8 Å². The van der Waals surface area contributed by atoms with Gasteiger partial charge in [-0.05, 0) is 37.5 Å². The monoisotopic (exact) mass is 273 g/mol. The Labute approximate surface area is 118 Å². The molecule has 0 unspecified atom stereocenters. The minimum absolute atomic E-state index is 0.234. The average molecular weight is 273 g/mol. The molecule has 2 saturated carbocycles. The van der Waals surface area contributed by atoms with Crippen molar-refractivity contribution in [1.29, 1.82) is 0 Å². The number of aromatic nitrogens is 2. The van der Waals surface area contributed by atoms with E-state index < -0.39 is 5.97 Å². The number of carbonyl (C=O) groups is 1. The van der Waals surface area contributed by atoms with E-state index >= 15 is 0 Å². The van der Waals surface area contributed by atoms with Crippen LogP contribution in [0.3, 0.4) is 0 Å². The number of nitrogens with zero attached hydrogens (tertiary/aromatic N) is 3. The summed E-state index contributed by atoms with van der Waals surface area (Å²) in [6.07, 6.45) is 6.46. The van der Waals surface area contributed by atoms with Gasteiger partial charge in [0.25, 0.3) is 0 Å². The van der Waals surface area contributed by atoms with Crippen molar-refractivity contribution in [3.05, 3.63) is 18.1 Å². The molecule has 1 N–H and O–H groups in total. The maximum absolute atomic E-state index is 11.4. The van der Waals surface area contributed by atoms with E-state index in [-0.39, 0.29) is 5.92 Å². The summed E-state index contributed by atoms with van der Waals surface area (Å²) in [6, 6.07) is 2.06. The van der Waals surface area contributed by atoms with E-state index in [0.717, 1.165) is 18.1 Å². The fourth-order valence-corrected chi connectivity index (χ4v) is 3.42. The summed E-state index contributed by atoms with van der Waals surface area (Å²) in [5.41, 5.74) is 1.12. The van der Waals surface area contributed by atoms with Crippen LogP contribution in [-0.4, -0.2) is 34.1 Å². The first kappa shape index (κ1) is 12.1. The quantitative estimate of drug-likeness (QED) is 0.907. The molecule has 1 aliphatic heterocycles. The summed E-state index contributed by atoms with van der Waals surface area (Å²) in [7, 11) is 0. The summed E-state index contributed by atoms with van der Waals surface area (Å²) in [5, 5.41) is 9.42. The molecule has 2 heterocycles. The molecule has 2 aliphatic carbocycles. The second-order valence-corrected chi connectivity index (χ2v) is 6.43. The van der Waals surface area contributed by atoms with E-state index in [1.165, 1.54) is 25.7 Å². The van der Waals surface area contributed by atoms with Crippen molar-refractivity contribution in [1.82, 2.24) is 9.97 Å². The fraction of sp³-hybridized carbons (Fsp3) is 0.667. The topological polar surface area (TPSA) is 66.3 Å². The van der Waals surface area contributed by atoms with Crippen molar-refractivity contribution in [2.24, 2.45) is 17.8 Å². The number of carboxylic acid groups (broad SMARTS) is 1. The summed E-state index contributed by atoms with van der Waals surface area (Å²) >= 11 is 0. The largest absolute Gasteiger partial charge is 0.481 e. The first-order valence-electron chi connectivity index (χ1n) is 7.52. The van der Waals surface area contributed by atoms with Crippen molar-refractivity contribution >= 4 is 11.8 Å². The van der Waals surface area contributed by atoms with Gasteiger partial charge in [0, 0.05) is 30.8 Å². The van der Waals surface area contributed by atoms with Gasteiger partial charge in [-0.2, -0.15) is 0 Å². The Kier molecular flexibility index (Phi) is 2.69. The molecule has 2 atom stereocenters. The highest BCUT2D eigenvalue weighted by atomic mass is 16.4. The number of anilines is 1. The Morgan fingerprint density at radius 3 is 2.65 bits per heavy atom. The smallest absolute Gasteiger partial charge is 0.308 e. The highest BCUT2D eigenvalue weighted by molar-refractivity contribution is 5.72. The third-order valence-electron chi connectivity index (χ3n) is 4.90. The number of hydrogen-bond donors (Lipinski definition) is 1. The van der Waals surface area contributed by atoms with Crippen LogP contribution in [0.15, 0.2) is 12.4 Å². The Balaban J connectivity index is 1.56. The van der Waals surface area contributed by atoms with Crippen LogP contribution in [0.2, 0.25) is 0 Å². The van der Waals surface area contributed by atoms with Crippen LogP contribution in [0.25, 0.3) is 0 Å². The highest BCUT2D eigenvalue weighted by Gasteiger charge is 2.46. The standard InChI is InChI=1S/C15H19N3O2/c19-15(20)12-7-18(6-11(12)9-1-2-9)14-5-13(10-3-4-10)16-8-17-14/h5,8-12H,1-4,6-7H2,(H,19,20)/t11-,12+/m0/s1. The van der Waals surface area contributed by atoms with Crippen molar-refractivity contribution in [3.63, 3.8) is 0 Å². The van der Waals surface area contributed by atoms with E-state index in [9.17, 15) is 9.90 Å². The second kappa shape index (κ2) is 4.43. The summed E-state index contributed by atoms with van der Waals surface area (Å²) < 4.78 is 0. The lowest BCUT2D eigenvalue weighted by atomic mass is 9.92. The van der Waals surface area contributed by atoms with Gasteiger partial charge in [-0.3, -0.25) is 4.79 Å². The van der Waals surface area contributed by atoms with E-state index in [2.05, 4.69) is 20.9 Å². The molecular formula is C15H19N3O2. The number of hydrogen-bond acceptors (Lipinski definition) is 4. The molecule has 5 nitrogen and oxygen atoms in total. The molecule has 1 aromatic rings. The molecular weight excluding hydrogens is 254 g/mol. The van der Waals surface area contributed by atoms with Gasteiger partial charge in [-0.15, -0.1) is 0 Å². The minimum atomic E-state index is -0.652. The molecule has 4 rings (SSSR count). The van der Waals surface area contributed by atoms with E-state index in [0.29, 0.717) is 24.3 Å². The van der Waals surface area contributed by atoms with Crippen molar-refractivity contribution in [3.8, 4) is 0 Å². The molecule has 20 heavy (non-hydrogen) atoms. The molecule has 0 amide bonds. The number of rotatable bonds is 4. The Hall–Kier alpha value is -1.65. The highest BCUT2D eigenvalue weighted by Crippen LogP contribution is 2.45. The summed E-state index contributed by atoms with van der Waals surface area (Å²) in [6.45, 7) is 1.43. The van der Waals surface area contributed by atoms with Crippen LogP contribution in [-0.2, 0) is 4.79 Å². The number of aliphatic carboxylic acids is 1. The predicted molar refractivity (Wildman–Crippen MR) is 73.6 cm³/mol. The molecule has 0 aromatic carbocycles. The fourth-order valence-electron chi connectivity index (χ4n) is 3.42. The molecule has 3 aliphatic rings. The van der Waals surface area contributed by atoms with Crippen LogP contribution in [0.1, 0.15) is 37.3 Å². The van der Waals surface area contributed by atoms with Crippen LogP contribution < -0.4 is 4.90 Å². The Bertz CT molecular complexity index is 540. The second-order valence-electron chi connectivity index (χ2n) is 6.43. The normalized spacial score (nSPS) is 29.7. The van der Waals surface area contributed by atoms with Gasteiger partial charge in [0.05, 0.1) is 5.92 Å². The molecule has 0 bridgehead atoms. The van der Waals surface area contributed by atoms with Crippen molar-refractivity contribution in [2.75, 3.05) is 18.0 Å². The molecule has 1 saturated heterocycles. The zero-order valence-corrected chi connectivity index (χ0v) is 11.4. The first-order valence-corrected chi connectivity index (χ1v) is 7.52. The van der Waals surface area contributed by atoms with Gasteiger partial charge < -0.3 is 10.0 Å². The van der Waals surface area contributed by atoms with E-state index in [1.54, 1.807) is 6.33 Å². The van der Waals surface area contributed by atoms with Crippen molar-refractivity contribution in [2.45, 2.75) is 31.6 Å². The molecule has 0 radical (unpaired) electrons. The van der Waals surface area contributed by atoms with E-state index in [4.69, 9.17) is 0 Å². The summed E-state index contributed by atoms with van der Waals surface area (Å²) in [5.74, 6) is 1.55. The zero-order valence-electron chi connectivity index (χ0n) is 11.4. The third kappa shape index (κ3) is 2.15. The van der Waals surface area contributed by atoms with E-state index in [1.807, 2.05) is 0 Å². The predicted octanol–water partition coefficient (Wildman–Crippen LogP) is 1.90. The lowest BCUT2D eigenvalue weighted by molar-refractivity contribution is -0.142. The van der Waals surface area contributed by atoms with Gasteiger partial charge in [0.1, 0.15) is 12.1 Å². The van der Waals surface area contributed by atoms with Gasteiger partial charge in [-0.25, -0.2) is 9.97 Å². The first-order chi connectivity index (χ1) is 9.72. The maximum atomic E-state index is 11.4. The van der Waals surface area contributed by atoms with Gasteiger partial charge >= 0.3 is 5.97 Å². The van der Waals surface area contributed by atoms with Gasteiger partial charge in [-0.1, -0.05) is 0 Å². The number of carboxylic acids is 1. The molecule has 0 spiro atoms. The average Bonchev–Trinajstić information content (AvgIpc) is 3.35. The molecule has 106 valence electrons. The van der Waals surface area contributed by atoms with Gasteiger partial charge in [0.15, 0.2) is 0 Å². The molecule has 1 aromatic heterocycles. The zero-order chi connectivity index (χ0) is 13.7. The van der Waals surface area contributed by atoms with Crippen LogP contribution in [0.4, 0.5) is 5.82 Å². The maximum Gasteiger partial charge on any atom is 0.308 e. The van der Waals surface area contributed by atoms with Gasteiger partial charge in [0.2, 0.25) is 0 Å². The van der Waals surface area contributed by atoms with Crippen molar-refractivity contribution < 1.29 is 9.90 Å². The Morgan fingerprint density at radius 1 is 1.20 bits per heavy atom. The third-order valence-corrected chi connectivity index (χ3v) is 4.90. The van der Waals surface area contributed by atoms with Crippen LogP contribution in [0.5, 0.6) is 0 Å². The minimum Gasteiger partial charge on any atom is -0.481 e. The summed E-state index contributed by atoms with van der Waals surface area (Å²) in [4.78, 5) is 22.3.